The number of aromatic nitrogens is 4. The van der Waals surface area contributed by atoms with E-state index in [9.17, 15) is 18.4 Å². The van der Waals surface area contributed by atoms with Crippen LogP contribution in [0.25, 0.3) is 33.8 Å². The molecule has 178 valence electrons. The first-order chi connectivity index (χ1) is 16.8. The molecule has 35 heavy (non-hydrogen) atoms. The molecule has 0 saturated carbocycles. The lowest BCUT2D eigenvalue weighted by Gasteiger charge is -2.22. The number of benzene rings is 1. The number of halogens is 4. The van der Waals surface area contributed by atoms with Crippen molar-refractivity contribution in [1.82, 2.24) is 25.1 Å². The molecule has 1 fully saturated rings. The summed E-state index contributed by atoms with van der Waals surface area (Å²) in [5.41, 5.74) is 1.49. The summed E-state index contributed by atoms with van der Waals surface area (Å²) in [5.74, 6) is 0. The van der Waals surface area contributed by atoms with Crippen LogP contribution in [0.2, 0.25) is 5.02 Å². The number of hydrogen-bond donors (Lipinski definition) is 2. The van der Waals surface area contributed by atoms with Crippen LogP contribution in [0.15, 0.2) is 49.1 Å². The fraction of sp³-hybridized carbons (Fsp3) is 0.240. The molecule has 0 amide bonds. The van der Waals surface area contributed by atoms with Crippen LogP contribution in [0.3, 0.4) is 0 Å². The SMILES string of the molecule is N#C/C(=C\c1c[nH]c2ncc(-c3cnn(C4CCNCC4)c3)cc12)c1cc(Cl)ccc1C(F)(F)F. The summed E-state index contributed by atoms with van der Waals surface area (Å²) >= 11 is 5.96. The number of fused-ring (bicyclic) bond motifs is 1. The van der Waals surface area contributed by atoms with Gasteiger partial charge in [0.05, 0.1) is 29.4 Å². The molecule has 1 aliphatic rings. The highest BCUT2D eigenvalue weighted by molar-refractivity contribution is 6.30. The summed E-state index contributed by atoms with van der Waals surface area (Å²) < 4.78 is 42.7. The molecule has 0 bridgehead atoms. The Labute approximate surface area is 204 Å². The van der Waals surface area contributed by atoms with E-state index in [1.807, 2.05) is 23.0 Å². The van der Waals surface area contributed by atoms with E-state index in [1.54, 1.807) is 18.6 Å². The number of rotatable bonds is 4. The zero-order chi connectivity index (χ0) is 24.6. The van der Waals surface area contributed by atoms with Crippen molar-refractivity contribution in [2.24, 2.45) is 0 Å². The molecular formula is C25H20ClF3N6. The number of allylic oxidation sites excluding steroid dienone is 1. The molecule has 1 saturated heterocycles. The second-order valence-corrected chi connectivity index (χ2v) is 8.85. The zero-order valence-corrected chi connectivity index (χ0v) is 19.2. The minimum absolute atomic E-state index is 0.114. The van der Waals surface area contributed by atoms with E-state index in [1.165, 1.54) is 6.08 Å². The van der Waals surface area contributed by atoms with Crippen molar-refractivity contribution in [3.8, 4) is 17.2 Å². The van der Waals surface area contributed by atoms with Crippen molar-refractivity contribution in [2.75, 3.05) is 13.1 Å². The van der Waals surface area contributed by atoms with Gasteiger partial charge in [-0.1, -0.05) is 11.6 Å². The van der Waals surface area contributed by atoms with Gasteiger partial charge >= 0.3 is 6.18 Å². The molecule has 2 N–H and O–H groups in total. The van der Waals surface area contributed by atoms with Gasteiger partial charge in [-0.2, -0.15) is 23.5 Å². The lowest BCUT2D eigenvalue weighted by molar-refractivity contribution is -0.137. The number of piperidine rings is 1. The van der Waals surface area contributed by atoms with Crippen molar-refractivity contribution < 1.29 is 13.2 Å². The van der Waals surface area contributed by atoms with Crippen molar-refractivity contribution in [3.63, 3.8) is 0 Å². The van der Waals surface area contributed by atoms with E-state index in [0.717, 1.165) is 55.3 Å². The average Bonchev–Trinajstić information content (AvgIpc) is 3.49. The number of H-pyrrole nitrogens is 1. The Morgan fingerprint density at radius 2 is 1.97 bits per heavy atom. The van der Waals surface area contributed by atoms with Gasteiger partial charge in [-0.3, -0.25) is 4.68 Å². The van der Waals surface area contributed by atoms with Crippen LogP contribution in [0.1, 0.15) is 35.6 Å². The van der Waals surface area contributed by atoms with Gasteiger partial charge in [-0.25, -0.2) is 4.98 Å². The molecule has 1 aliphatic heterocycles. The number of pyridine rings is 1. The minimum Gasteiger partial charge on any atom is -0.346 e. The number of nitrogens with one attached hydrogen (secondary N) is 2. The lowest BCUT2D eigenvalue weighted by atomic mass is 9.98. The monoisotopic (exact) mass is 496 g/mol. The van der Waals surface area contributed by atoms with Crippen LogP contribution in [0.5, 0.6) is 0 Å². The molecule has 0 aliphatic carbocycles. The van der Waals surface area contributed by atoms with Gasteiger partial charge in [-0.05, 0) is 56.3 Å². The van der Waals surface area contributed by atoms with Gasteiger partial charge in [0, 0.05) is 51.3 Å². The van der Waals surface area contributed by atoms with Crippen LogP contribution in [0.4, 0.5) is 13.2 Å². The quantitative estimate of drug-likeness (QED) is 0.335. The van der Waals surface area contributed by atoms with Crippen LogP contribution in [-0.4, -0.2) is 32.8 Å². The van der Waals surface area contributed by atoms with Crippen molar-refractivity contribution in [2.45, 2.75) is 25.1 Å². The third kappa shape index (κ3) is 4.67. The maximum Gasteiger partial charge on any atom is 0.417 e. The van der Waals surface area contributed by atoms with E-state index in [4.69, 9.17) is 11.6 Å². The Bertz CT molecular complexity index is 1450. The highest BCUT2D eigenvalue weighted by Crippen LogP contribution is 2.37. The predicted molar refractivity (Wildman–Crippen MR) is 128 cm³/mol. The Morgan fingerprint density at radius 1 is 1.17 bits per heavy atom. The van der Waals surface area contributed by atoms with Gasteiger partial charge in [0.1, 0.15) is 5.65 Å². The van der Waals surface area contributed by atoms with E-state index in [2.05, 4.69) is 20.4 Å². The molecule has 6 nitrogen and oxygen atoms in total. The maximum absolute atomic E-state index is 13.6. The summed E-state index contributed by atoms with van der Waals surface area (Å²) in [6, 6.07) is 7.34. The highest BCUT2D eigenvalue weighted by Gasteiger charge is 2.34. The smallest absolute Gasteiger partial charge is 0.346 e. The second kappa shape index (κ2) is 9.21. The fourth-order valence-electron chi connectivity index (χ4n) is 4.37. The Hall–Kier alpha value is -3.61. The fourth-order valence-corrected chi connectivity index (χ4v) is 4.54. The summed E-state index contributed by atoms with van der Waals surface area (Å²) in [6.07, 6.45) is 5.92. The molecule has 0 atom stereocenters. The first kappa shape index (κ1) is 23.1. The van der Waals surface area contributed by atoms with E-state index in [-0.39, 0.29) is 16.2 Å². The molecule has 1 aromatic carbocycles. The van der Waals surface area contributed by atoms with Gasteiger partial charge in [0.15, 0.2) is 0 Å². The summed E-state index contributed by atoms with van der Waals surface area (Å²) in [5, 5.41) is 18.4. The Morgan fingerprint density at radius 3 is 2.71 bits per heavy atom. The molecule has 0 spiro atoms. The molecule has 0 radical (unpaired) electrons. The second-order valence-electron chi connectivity index (χ2n) is 8.41. The van der Waals surface area contributed by atoms with Crippen LogP contribution in [0, 0.1) is 11.3 Å². The molecule has 3 aromatic heterocycles. The van der Waals surface area contributed by atoms with E-state index < -0.39 is 11.7 Å². The van der Waals surface area contributed by atoms with Crippen molar-refractivity contribution >= 4 is 34.3 Å². The number of nitrogens with zero attached hydrogens (tertiary/aromatic N) is 4. The molecule has 0 unspecified atom stereocenters. The number of aromatic amines is 1. The van der Waals surface area contributed by atoms with E-state index >= 15 is 0 Å². The molecular weight excluding hydrogens is 477 g/mol. The normalized spacial score (nSPS) is 15.5. The van der Waals surface area contributed by atoms with Crippen LogP contribution in [-0.2, 0) is 6.18 Å². The average molecular weight is 497 g/mol. The van der Waals surface area contributed by atoms with Gasteiger partial charge in [0.2, 0.25) is 0 Å². The standard InChI is InChI=1S/C25H20ClF3N6/c26-19-1-2-23(25(27,28)29)21(9-19)15(10-30)7-17-12-33-24-22(17)8-16(11-32-24)18-13-34-35(14-18)20-3-5-31-6-4-20/h1-2,7-9,11-14,20,31H,3-6H2,(H,32,33)/b15-7+. The third-order valence-corrected chi connectivity index (χ3v) is 6.41. The largest absolute Gasteiger partial charge is 0.417 e. The van der Waals surface area contributed by atoms with Gasteiger partial charge in [-0.15, -0.1) is 0 Å². The Balaban J connectivity index is 1.54. The van der Waals surface area contributed by atoms with Crippen LogP contribution >= 0.6 is 11.6 Å². The van der Waals surface area contributed by atoms with Crippen molar-refractivity contribution in [1.29, 1.82) is 5.26 Å². The van der Waals surface area contributed by atoms with Gasteiger partial charge in [0.25, 0.3) is 0 Å². The molecule has 4 heterocycles. The Kier molecular flexibility index (Phi) is 6.09. The van der Waals surface area contributed by atoms with Gasteiger partial charge < -0.3 is 10.3 Å². The molecule has 10 heteroatoms. The summed E-state index contributed by atoms with van der Waals surface area (Å²) in [6.45, 7) is 1.91. The first-order valence-corrected chi connectivity index (χ1v) is 11.4. The van der Waals surface area contributed by atoms with Crippen molar-refractivity contribution in [3.05, 3.63) is 70.8 Å². The topological polar surface area (TPSA) is 82.3 Å². The zero-order valence-electron chi connectivity index (χ0n) is 18.4. The lowest BCUT2D eigenvalue weighted by Crippen LogP contribution is -2.29. The highest BCUT2D eigenvalue weighted by atomic mass is 35.5. The first-order valence-electron chi connectivity index (χ1n) is 11.0. The minimum atomic E-state index is -4.63. The maximum atomic E-state index is 13.6. The predicted octanol–water partition coefficient (Wildman–Crippen LogP) is 6.09. The molecule has 5 rings (SSSR count). The third-order valence-electron chi connectivity index (χ3n) is 6.18. The number of alkyl halides is 3. The molecule has 4 aromatic rings. The number of hydrogen-bond acceptors (Lipinski definition) is 4. The van der Waals surface area contributed by atoms with E-state index in [0.29, 0.717) is 22.6 Å². The number of nitriles is 1. The van der Waals surface area contributed by atoms with Crippen LogP contribution < -0.4 is 5.32 Å². The summed E-state index contributed by atoms with van der Waals surface area (Å²) in [7, 11) is 0. The summed E-state index contributed by atoms with van der Waals surface area (Å²) in [4.78, 5) is 7.48.